The van der Waals surface area contributed by atoms with E-state index in [9.17, 15) is 24.7 Å². The average Bonchev–Trinajstić information content (AvgIpc) is 2.70. The third-order valence-electron chi connectivity index (χ3n) is 4.46. The number of hydrazine groups is 1. The van der Waals surface area contributed by atoms with Gasteiger partial charge in [-0.3, -0.25) is 30.4 Å². The molecule has 0 aliphatic heterocycles. The second kappa shape index (κ2) is 10.3. The summed E-state index contributed by atoms with van der Waals surface area (Å²) in [5.41, 5.74) is 4.61. The standard InChI is InChI=1S/C20H25N3O5/c1-2-3-4-9-16(12-23(28)13-24)19(26)21-22-20(27)17-10-14-7-5-6-8-15(14)11-18(17)25/h5-8,10-11,13,16,25,28H,2-4,9,12H2,1H3,(H,21,26)(H,22,27). The topological polar surface area (TPSA) is 119 Å². The highest BCUT2D eigenvalue weighted by Crippen LogP contribution is 2.24. The van der Waals surface area contributed by atoms with Crippen LogP contribution in [0.5, 0.6) is 5.75 Å². The number of fused-ring (bicyclic) bond motifs is 1. The fraction of sp³-hybridized carbons (Fsp3) is 0.350. The van der Waals surface area contributed by atoms with Crippen molar-refractivity contribution >= 4 is 29.0 Å². The molecule has 0 spiro atoms. The Morgan fingerprint density at radius 3 is 2.46 bits per heavy atom. The van der Waals surface area contributed by atoms with Crippen LogP contribution in [0.3, 0.4) is 0 Å². The SMILES string of the molecule is CCCCCC(CN(O)C=O)C(=O)NNC(=O)c1cc2ccccc2cc1O. The smallest absolute Gasteiger partial charge is 0.273 e. The van der Waals surface area contributed by atoms with Crippen molar-refractivity contribution in [3.63, 3.8) is 0 Å². The molecule has 0 fully saturated rings. The third kappa shape index (κ3) is 5.68. The largest absolute Gasteiger partial charge is 0.507 e. The van der Waals surface area contributed by atoms with Crippen LogP contribution in [-0.2, 0) is 9.59 Å². The molecule has 2 rings (SSSR count). The Hall–Kier alpha value is -3.13. The monoisotopic (exact) mass is 387 g/mol. The number of hydroxylamine groups is 2. The van der Waals surface area contributed by atoms with Crippen LogP contribution in [0.4, 0.5) is 0 Å². The van der Waals surface area contributed by atoms with E-state index in [1.54, 1.807) is 0 Å². The van der Waals surface area contributed by atoms with Crippen molar-refractivity contribution in [3.8, 4) is 5.75 Å². The van der Waals surface area contributed by atoms with Gasteiger partial charge in [-0.25, -0.2) is 5.06 Å². The van der Waals surface area contributed by atoms with Gasteiger partial charge in [-0.2, -0.15) is 0 Å². The molecule has 8 heteroatoms. The fourth-order valence-electron chi connectivity index (χ4n) is 2.91. The van der Waals surface area contributed by atoms with Crippen LogP contribution in [0.15, 0.2) is 36.4 Å². The lowest BCUT2D eigenvalue weighted by Crippen LogP contribution is -2.46. The molecule has 0 radical (unpaired) electrons. The number of nitrogens with zero attached hydrogens (tertiary/aromatic N) is 1. The van der Waals surface area contributed by atoms with Gasteiger partial charge in [0.25, 0.3) is 5.91 Å². The number of hydrogen-bond acceptors (Lipinski definition) is 5. The van der Waals surface area contributed by atoms with Crippen molar-refractivity contribution in [1.82, 2.24) is 15.9 Å². The van der Waals surface area contributed by atoms with Crippen molar-refractivity contribution in [1.29, 1.82) is 0 Å². The molecule has 0 aliphatic carbocycles. The van der Waals surface area contributed by atoms with Gasteiger partial charge in [-0.1, -0.05) is 50.5 Å². The number of carbonyl (C=O) groups excluding carboxylic acids is 3. The number of phenols is 1. The first-order valence-electron chi connectivity index (χ1n) is 9.19. The summed E-state index contributed by atoms with van der Waals surface area (Å²) in [5, 5.41) is 21.5. The van der Waals surface area contributed by atoms with Crippen molar-refractivity contribution in [3.05, 3.63) is 42.0 Å². The van der Waals surface area contributed by atoms with E-state index >= 15 is 0 Å². The van der Waals surface area contributed by atoms with Crippen molar-refractivity contribution in [2.75, 3.05) is 6.54 Å². The number of rotatable bonds is 9. The van der Waals surface area contributed by atoms with E-state index in [4.69, 9.17) is 0 Å². The summed E-state index contributed by atoms with van der Waals surface area (Å²) in [6.07, 6.45) is 3.31. The van der Waals surface area contributed by atoms with Gasteiger partial charge in [0.05, 0.1) is 18.0 Å². The molecule has 8 nitrogen and oxygen atoms in total. The highest BCUT2D eigenvalue weighted by Gasteiger charge is 2.22. The van der Waals surface area contributed by atoms with E-state index in [2.05, 4.69) is 10.9 Å². The Morgan fingerprint density at radius 1 is 1.14 bits per heavy atom. The molecule has 1 unspecified atom stereocenters. The lowest BCUT2D eigenvalue weighted by molar-refractivity contribution is -0.154. The van der Waals surface area contributed by atoms with E-state index in [1.807, 2.05) is 31.2 Å². The Labute approximate surface area is 163 Å². The maximum absolute atomic E-state index is 12.4. The molecule has 0 bridgehead atoms. The minimum atomic E-state index is -0.674. The van der Waals surface area contributed by atoms with Gasteiger partial charge in [0.1, 0.15) is 5.75 Å². The van der Waals surface area contributed by atoms with E-state index in [-0.39, 0.29) is 24.3 Å². The van der Waals surface area contributed by atoms with Gasteiger partial charge >= 0.3 is 0 Å². The van der Waals surface area contributed by atoms with E-state index in [0.717, 1.165) is 30.0 Å². The Balaban J connectivity index is 2.03. The van der Waals surface area contributed by atoms with Crippen LogP contribution in [0.2, 0.25) is 0 Å². The zero-order valence-corrected chi connectivity index (χ0v) is 15.7. The first-order chi connectivity index (χ1) is 13.5. The maximum atomic E-state index is 12.4. The molecule has 3 amide bonds. The van der Waals surface area contributed by atoms with Gasteiger partial charge in [-0.05, 0) is 29.3 Å². The van der Waals surface area contributed by atoms with E-state index in [0.29, 0.717) is 11.5 Å². The number of benzene rings is 2. The lowest BCUT2D eigenvalue weighted by atomic mass is 10.0. The molecule has 0 heterocycles. The first-order valence-corrected chi connectivity index (χ1v) is 9.19. The number of hydrogen-bond donors (Lipinski definition) is 4. The molecule has 0 aromatic heterocycles. The molecule has 28 heavy (non-hydrogen) atoms. The Kier molecular flexibility index (Phi) is 7.76. The summed E-state index contributed by atoms with van der Waals surface area (Å²) in [5.74, 6) is -2.06. The van der Waals surface area contributed by atoms with Crippen LogP contribution in [0.25, 0.3) is 10.8 Å². The molecule has 2 aromatic rings. The molecule has 0 aliphatic rings. The fourth-order valence-corrected chi connectivity index (χ4v) is 2.91. The quantitative estimate of drug-likeness (QED) is 0.228. The van der Waals surface area contributed by atoms with Crippen LogP contribution in [0.1, 0.15) is 43.0 Å². The summed E-state index contributed by atoms with van der Waals surface area (Å²) in [6, 6.07) is 10.3. The summed E-state index contributed by atoms with van der Waals surface area (Å²) < 4.78 is 0. The number of amides is 3. The number of carbonyl (C=O) groups is 3. The summed E-state index contributed by atoms with van der Waals surface area (Å²) in [6.45, 7) is 1.85. The molecule has 1 atom stereocenters. The predicted octanol–water partition coefficient (Wildman–Crippen LogP) is 2.35. The number of aromatic hydroxyl groups is 1. The molecular formula is C20H25N3O5. The summed E-state index contributed by atoms with van der Waals surface area (Å²) >= 11 is 0. The molecule has 4 N–H and O–H groups in total. The average molecular weight is 387 g/mol. The normalized spacial score (nSPS) is 11.6. The lowest BCUT2D eigenvalue weighted by Gasteiger charge is -2.19. The molecule has 150 valence electrons. The number of phenolic OH excluding ortho intramolecular Hbond substituents is 1. The first kappa shape index (κ1) is 21.2. The molecular weight excluding hydrogens is 362 g/mol. The van der Waals surface area contributed by atoms with Gasteiger partial charge in [0.2, 0.25) is 12.3 Å². The highest BCUT2D eigenvalue weighted by atomic mass is 16.5. The number of nitrogens with one attached hydrogen (secondary N) is 2. The maximum Gasteiger partial charge on any atom is 0.273 e. The molecule has 0 saturated carbocycles. The van der Waals surface area contributed by atoms with Crippen LogP contribution in [-0.4, -0.2) is 40.1 Å². The van der Waals surface area contributed by atoms with Gasteiger partial charge in [-0.15, -0.1) is 0 Å². The molecule has 2 aromatic carbocycles. The Morgan fingerprint density at radius 2 is 1.82 bits per heavy atom. The van der Waals surface area contributed by atoms with E-state index in [1.165, 1.54) is 12.1 Å². The minimum Gasteiger partial charge on any atom is -0.507 e. The third-order valence-corrected chi connectivity index (χ3v) is 4.46. The summed E-state index contributed by atoms with van der Waals surface area (Å²) in [7, 11) is 0. The van der Waals surface area contributed by atoms with Crippen LogP contribution < -0.4 is 10.9 Å². The van der Waals surface area contributed by atoms with Crippen molar-refractivity contribution in [2.24, 2.45) is 5.92 Å². The van der Waals surface area contributed by atoms with Crippen molar-refractivity contribution in [2.45, 2.75) is 32.6 Å². The number of unbranched alkanes of at least 4 members (excludes halogenated alkanes) is 2. The van der Waals surface area contributed by atoms with E-state index < -0.39 is 17.7 Å². The predicted molar refractivity (Wildman–Crippen MR) is 103 cm³/mol. The zero-order chi connectivity index (χ0) is 20.5. The van der Waals surface area contributed by atoms with Crippen LogP contribution in [0, 0.1) is 5.92 Å². The highest BCUT2D eigenvalue weighted by molar-refractivity contribution is 6.02. The molecule has 0 saturated heterocycles. The van der Waals surface area contributed by atoms with Crippen LogP contribution >= 0.6 is 0 Å². The zero-order valence-electron chi connectivity index (χ0n) is 15.7. The second-order valence-corrected chi connectivity index (χ2v) is 6.58. The summed E-state index contributed by atoms with van der Waals surface area (Å²) in [4.78, 5) is 35.4. The minimum absolute atomic E-state index is 0.0261. The van der Waals surface area contributed by atoms with Gasteiger partial charge in [0, 0.05) is 0 Å². The van der Waals surface area contributed by atoms with Gasteiger partial charge in [0.15, 0.2) is 0 Å². The second-order valence-electron chi connectivity index (χ2n) is 6.58. The van der Waals surface area contributed by atoms with Crippen molar-refractivity contribution < 1.29 is 24.7 Å². The van der Waals surface area contributed by atoms with Gasteiger partial charge < -0.3 is 5.11 Å². The Bertz CT molecular complexity index is 840.